The smallest absolute Gasteiger partial charge is 0.387 e. The normalized spacial score (nSPS) is 11.5. The number of benzene rings is 1. The molecule has 0 radical (unpaired) electrons. The third kappa shape index (κ3) is 4.14. The molecule has 0 saturated carbocycles. The second kappa shape index (κ2) is 5.80. The maximum Gasteiger partial charge on any atom is 0.387 e. The minimum absolute atomic E-state index is 0.200. The largest absolute Gasteiger partial charge is 0.435 e. The average Bonchev–Trinajstić information content (AvgIpc) is 2.20. The van der Waals surface area contributed by atoms with Gasteiger partial charge in [-0.3, -0.25) is 4.90 Å². The second-order valence-corrected chi connectivity index (χ2v) is 4.03. The number of ether oxygens (including phenoxy) is 1. The molecular formula is C12H17F2NO. The minimum atomic E-state index is -2.76. The van der Waals surface area contributed by atoms with Crippen molar-refractivity contribution in [1.82, 2.24) is 4.90 Å². The molecule has 90 valence electrons. The average molecular weight is 229 g/mol. The van der Waals surface area contributed by atoms with E-state index in [1.54, 1.807) is 24.3 Å². The topological polar surface area (TPSA) is 12.5 Å². The van der Waals surface area contributed by atoms with Crippen LogP contribution in [-0.4, -0.2) is 24.6 Å². The van der Waals surface area contributed by atoms with Gasteiger partial charge in [0.15, 0.2) is 0 Å². The molecule has 0 aliphatic rings. The molecule has 0 amide bonds. The summed E-state index contributed by atoms with van der Waals surface area (Å²) >= 11 is 0. The maximum absolute atomic E-state index is 11.9. The van der Waals surface area contributed by atoms with Crippen molar-refractivity contribution in [3.8, 4) is 5.75 Å². The molecule has 1 aromatic carbocycles. The molecule has 0 saturated heterocycles. The molecular weight excluding hydrogens is 212 g/mol. The third-order valence-electron chi connectivity index (χ3n) is 2.46. The fourth-order valence-electron chi connectivity index (χ4n) is 1.25. The minimum Gasteiger partial charge on any atom is -0.435 e. The molecule has 0 N–H and O–H groups in total. The number of halogens is 2. The van der Waals surface area contributed by atoms with Crippen molar-refractivity contribution < 1.29 is 13.5 Å². The summed E-state index contributed by atoms with van der Waals surface area (Å²) in [5, 5.41) is 0. The van der Waals surface area contributed by atoms with Crippen LogP contribution in [0.4, 0.5) is 8.78 Å². The second-order valence-electron chi connectivity index (χ2n) is 4.03. The molecule has 0 aliphatic carbocycles. The van der Waals surface area contributed by atoms with E-state index in [0.29, 0.717) is 6.04 Å². The fourth-order valence-corrected chi connectivity index (χ4v) is 1.25. The summed E-state index contributed by atoms with van der Waals surface area (Å²) in [7, 11) is 2.02. The summed E-state index contributed by atoms with van der Waals surface area (Å²) in [4.78, 5) is 2.17. The molecule has 1 rings (SSSR count). The van der Waals surface area contributed by atoms with Gasteiger partial charge in [-0.15, -0.1) is 0 Å². The standard InChI is InChI=1S/C12H17F2NO/c1-9(2)15(3)8-10-4-6-11(7-5-10)16-12(13)14/h4-7,9,12H,8H2,1-3H3. The van der Waals surface area contributed by atoms with E-state index >= 15 is 0 Å². The lowest BCUT2D eigenvalue weighted by molar-refractivity contribution is -0.0498. The van der Waals surface area contributed by atoms with Gasteiger partial charge in [0.1, 0.15) is 5.75 Å². The Kier molecular flexibility index (Phi) is 4.68. The quantitative estimate of drug-likeness (QED) is 0.769. The lowest BCUT2D eigenvalue weighted by atomic mass is 10.2. The zero-order valence-corrected chi connectivity index (χ0v) is 9.78. The first-order valence-corrected chi connectivity index (χ1v) is 5.23. The molecule has 0 aromatic heterocycles. The van der Waals surface area contributed by atoms with Crippen LogP contribution in [0.5, 0.6) is 5.75 Å². The first-order valence-electron chi connectivity index (χ1n) is 5.23. The Bertz CT molecular complexity index is 311. The third-order valence-corrected chi connectivity index (χ3v) is 2.46. The molecule has 4 heteroatoms. The van der Waals surface area contributed by atoms with Crippen LogP contribution in [0.2, 0.25) is 0 Å². The van der Waals surface area contributed by atoms with Crippen LogP contribution >= 0.6 is 0 Å². The van der Waals surface area contributed by atoms with Gasteiger partial charge in [0.25, 0.3) is 0 Å². The summed E-state index contributed by atoms with van der Waals surface area (Å²) < 4.78 is 28.1. The van der Waals surface area contributed by atoms with E-state index < -0.39 is 6.61 Å². The lowest BCUT2D eigenvalue weighted by Gasteiger charge is -2.20. The Morgan fingerprint density at radius 1 is 1.19 bits per heavy atom. The molecule has 0 aliphatic heterocycles. The predicted octanol–water partition coefficient (Wildman–Crippen LogP) is 3.13. The number of rotatable bonds is 5. The Labute approximate surface area is 94.8 Å². The monoisotopic (exact) mass is 229 g/mol. The molecule has 1 aromatic rings. The van der Waals surface area contributed by atoms with E-state index in [0.717, 1.165) is 12.1 Å². The Morgan fingerprint density at radius 2 is 1.75 bits per heavy atom. The van der Waals surface area contributed by atoms with Crippen LogP contribution in [0, 0.1) is 0 Å². The summed E-state index contributed by atoms with van der Waals surface area (Å²) in [6.45, 7) is 2.25. The van der Waals surface area contributed by atoms with Crippen molar-refractivity contribution in [3.05, 3.63) is 29.8 Å². The number of hydrogen-bond acceptors (Lipinski definition) is 2. The van der Waals surface area contributed by atoms with Crippen molar-refractivity contribution in [2.45, 2.75) is 33.0 Å². The number of alkyl halides is 2. The Balaban J connectivity index is 2.57. The first kappa shape index (κ1) is 12.9. The van der Waals surface area contributed by atoms with Crippen LogP contribution in [0.25, 0.3) is 0 Å². The zero-order valence-electron chi connectivity index (χ0n) is 9.78. The van der Waals surface area contributed by atoms with Crippen molar-refractivity contribution in [2.24, 2.45) is 0 Å². The van der Waals surface area contributed by atoms with Crippen LogP contribution in [0.3, 0.4) is 0 Å². The molecule has 16 heavy (non-hydrogen) atoms. The summed E-state index contributed by atoms with van der Waals surface area (Å²) in [5.41, 5.74) is 1.08. The predicted molar refractivity (Wildman–Crippen MR) is 59.7 cm³/mol. The van der Waals surface area contributed by atoms with Crippen molar-refractivity contribution in [3.63, 3.8) is 0 Å². The SMILES string of the molecule is CC(C)N(C)Cc1ccc(OC(F)F)cc1. The maximum atomic E-state index is 11.9. The highest BCUT2D eigenvalue weighted by molar-refractivity contribution is 5.27. The van der Waals surface area contributed by atoms with Gasteiger partial charge in [0.05, 0.1) is 0 Å². The molecule has 0 heterocycles. The zero-order chi connectivity index (χ0) is 12.1. The van der Waals surface area contributed by atoms with Crippen LogP contribution in [0.15, 0.2) is 24.3 Å². The Morgan fingerprint density at radius 3 is 2.19 bits per heavy atom. The molecule has 0 spiro atoms. The van der Waals surface area contributed by atoms with E-state index in [2.05, 4.69) is 23.5 Å². The van der Waals surface area contributed by atoms with Gasteiger partial charge in [-0.05, 0) is 38.6 Å². The van der Waals surface area contributed by atoms with Gasteiger partial charge in [-0.2, -0.15) is 8.78 Å². The summed E-state index contributed by atoms with van der Waals surface area (Å²) in [6.07, 6.45) is 0. The van der Waals surface area contributed by atoms with Gasteiger partial charge in [-0.25, -0.2) is 0 Å². The number of nitrogens with zero attached hydrogens (tertiary/aromatic N) is 1. The van der Waals surface area contributed by atoms with Gasteiger partial charge >= 0.3 is 6.61 Å². The molecule has 0 atom stereocenters. The lowest BCUT2D eigenvalue weighted by Crippen LogP contribution is -2.25. The molecule has 2 nitrogen and oxygen atoms in total. The van der Waals surface area contributed by atoms with E-state index in [1.165, 1.54) is 0 Å². The van der Waals surface area contributed by atoms with Gasteiger partial charge in [0.2, 0.25) is 0 Å². The highest BCUT2D eigenvalue weighted by Gasteiger charge is 2.06. The first-order chi connectivity index (χ1) is 7.49. The van der Waals surface area contributed by atoms with E-state index in [-0.39, 0.29) is 5.75 Å². The van der Waals surface area contributed by atoms with Gasteiger partial charge < -0.3 is 4.74 Å². The van der Waals surface area contributed by atoms with Crippen LogP contribution in [0.1, 0.15) is 19.4 Å². The van der Waals surface area contributed by atoms with Crippen molar-refractivity contribution >= 4 is 0 Å². The highest BCUT2D eigenvalue weighted by atomic mass is 19.3. The van der Waals surface area contributed by atoms with Crippen LogP contribution < -0.4 is 4.74 Å². The number of hydrogen-bond donors (Lipinski definition) is 0. The van der Waals surface area contributed by atoms with Crippen molar-refractivity contribution in [2.75, 3.05) is 7.05 Å². The molecule has 0 unspecified atom stereocenters. The van der Waals surface area contributed by atoms with Crippen molar-refractivity contribution in [1.29, 1.82) is 0 Å². The van der Waals surface area contributed by atoms with Gasteiger partial charge in [0, 0.05) is 12.6 Å². The highest BCUT2D eigenvalue weighted by Crippen LogP contribution is 2.16. The molecule has 0 fully saturated rings. The Hall–Kier alpha value is -1.16. The van der Waals surface area contributed by atoms with Crippen LogP contribution in [-0.2, 0) is 6.54 Å². The van der Waals surface area contributed by atoms with E-state index in [4.69, 9.17) is 0 Å². The van der Waals surface area contributed by atoms with Gasteiger partial charge in [-0.1, -0.05) is 12.1 Å². The summed E-state index contributed by atoms with van der Waals surface area (Å²) in [6, 6.07) is 7.19. The summed E-state index contributed by atoms with van der Waals surface area (Å²) in [5.74, 6) is 0.200. The van der Waals surface area contributed by atoms with E-state index in [9.17, 15) is 8.78 Å². The van der Waals surface area contributed by atoms with E-state index in [1.807, 2.05) is 7.05 Å². The fraction of sp³-hybridized carbons (Fsp3) is 0.500. The molecule has 0 bridgehead atoms.